The fourth-order valence-electron chi connectivity index (χ4n) is 2.54. The number of piperidine rings is 1. The molecule has 0 aromatic heterocycles. The van der Waals surface area contributed by atoms with Gasteiger partial charge in [0, 0.05) is 13.1 Å². The van der Waals surface area contributed by atoms with E-state index >= 15 is 0 Å². The topological polar surface area (TPSA) is 69.6 Å². The van der Waals surface area contributed by atoms with Crippen LogP contribution in [-0.2, 0) is 9.59 Å². The van der Waals surface area contributed by atoms with E-state index in [4.69, 9.17) is 5.11 Å². The van der Waals surface area contributed by atoms with Crippen molar-refractivity contribution in [1.82, 2.24) is 10.2 Å². The van der Waals surface area contributed by atoms with Crippen LogP contribution >= 0.6 is 0 Å². The molecule has 1 amide bonds. The van der Waals surface area contributed by atoms with Crippen molar-refractivity contribution in [3.8, 4) is 0 Å². The molecule has 5 heteroatoms. The Hall–Kier alpha value is -1.10. The van der Waals surface area contributed by atoms with Crippen molar-refractivity contribution < 1.29 is 14.7 Å². The third kappa shape index (κ3) is 3.45. The molecule has 2 fully saturated rings. The molecule has 2 N–H and O–H groups in total. The number of hydrogen-bond donors (Lipinski definition) is 2. The molecule has 1 aliphatic heterocycles. The Morgan fingerprint density at radius 3 is 2.44 bits per heavy atom. The molecule has 2 rings (SSSR count). The maximum Gasteiger partial charge on any atom is 0.306 e. The van der Waals surface area contributed by atoms with Gasteiger partial charge in [-0.1, -0.05) is 6.92 Å². The number of hydrogen-bond acceptors (Lipinski definition) is 3. The number of carbonyl (C=O) groups excluding carboxylic acids is 1. The van der Waals surface area contributed by atoms with E-state index in [1.165, 1.54) is 6.42 Å². The molecular weight excluding hydrogens is 232 g/mol. The van der Waals surface area contributed by atoms with Gasteiger partial charge in [0.2, 0.25) is 5.91 Å². The Labute approximate surface area is 108 Å². The summed E-state index contributed by atoms with van der Waals surface area (Å²) in [6.07, 6.45) is 2.44. The summed E-state index contributed by atoms with van der Waals surface area (Å²) in [6, 6.07) is 0. The van der Waals surface area contributed by atoms with Crippen molar-refractivity contribution in [2.24, 2.45) is 17.8 Å². The lowest BCUT2D eigenvalue weighted by Gasteiger charge is -2.30. The summed E-state index contributed by atoms with van der Waals surface area (Å²) in [4.78, 5) is 24.5. The predicted molar refractivity (Wildman–Crippen MR) is 67.1 cm³/mol. The highest BCUT2D eigenvalue weighted by Gasteiger charge is 2.32. The van der Waals surface area contributed by atoms with Crippen LogP contribution < -0.4 is 5.32 Å². The SMILES string of the molecule is CC1CC1CNCC(=O)N1CCC(C(=O)O)CC1. The fraction of sp³-hybridized carbons (Fsp3) is 0.846. The minimum atomic E-state index is -0.733. The maximum atomic E-state index is 11.9. The highest BCUT2D eigenvalue weighted by Crippen LogP contribution is 2.36. The average molecular weight is 254 g/mol. The molecule has 2 atom stereocenters. The van der Waals surface area contributed by atoms with Gasteiger partial charge in [0.1, 0.15) is 0 Å². The van der Waals surface area contributed by atoms with E-state index in [0.29, 0.717) is 32.5 Å². The first-order valence-corrected chi connectivity index (χ1v) is 6.79. The zero-order valence-corrected chi connectivity index (χ0v) is 10.9. The van der Waals surface area contributed by atoms with E-state index in [2.05, 4.69) is 12.2 Å². The number of likely N-dealkylation sites (tertiary alicyclic amines) is 1. The summed E-state index contributed by atoms with van der Waals surface area (Å²) in [5.74, 6) is 0.652. The monoisotopic (exact) mass is 254 g/mol. The van der Waals surface area contributed by atoms with Gasteiger partial charge in [-0.15, -0.1) is 0 Å². The van der Waals surface area contributed by atoms with Crippen LogP contribution in [0.2, 0.25) is 0 Å². The highest BCUT2D eigenvalue weighted by molar-refractivity contribution is 5.78. The predicted octanol–water partition coefficient (Wildman–Crippen LogP) is 0.555. The molecule has 1 saturated heterocycles. The number of carboxylic acids is 1. The largest absolute Gasteiger partial charge is 0.481 e. The number of carbonyl (C=O) groups is 2. The van der Waals surface area contributed by atoms with Crippen molar-refractivity contribution >= 4 is 11.9 Å². The van der Waals surface area contributed by atoms with Gasteiger partial charge in [0.15, 0.2) is 0 Å². The zero-order valence-electron chi connectivity index (χ0n) is 10.9. The summed E-state index contributed by atoms with van der Waals surface area (Å²) in [6.45, 7) is 4.71. The van der Waals surface area contributed by atoms with Gasteiger partial charge in [0.25, 0.3) is 0 Å². The van der Waals surface area contributed by atoms with Crippen LogP contribution in [0.25, 0.3) is 0 Å². The van der Waals surface area contributed by atoms with Crippen molar-refractivity contribution in [1.29, 1.82) is 0 Å². The third-order valence-corrected chi connectivity index (χ3v) is 4.16. The van der Waals surface area contributed by atoms with Crippen molar-refractivity contribution in [2.45, 2.75) is 26.2 Å². The normalized spacial score (nSPS) is 28.2. The molecule has 0 aromatic carbocycles. The number of rotatable bonds is 5. The molecular formula is C13H22N2O3. The second-order valence-corrected chi connectivity index (χ2v) is 5.60. The van der Waals surface area contributed by atoms with Gasteiger partial charge in [-0.3, -0.25) is 9.59 Å². The van der Waals surface area contributed by atoms with Crippen LogP contribution in [0.1, 0.15) is 26.2 Å². The molecule has 2 unspecified atom stereocenters. The van der Waals surface area contributed by atoms with Crippen molar-refractivity contribution in [3.63, 3.8) is 0 Å². The van der Waals surface area contributed by atoms with Crippen molar-refractivity contribution in [3.05, 3.63) is 0 Å². The minimum Gasteiger partial charge on any atom is -0.481 e. The van der Waals surface area contributed by atoms with Crippen LogP contribution in [0.4, 0.5) is 0 Å². The van der Waals surface area contributed by atoms with Crippen LogP contribution in [0.3, 0.4) is 0 Å². The van der Waals surface area contributed by atoms with Crippen LogP contribution in [-0.4, -0.2) is 48.1 Å². The molecule has 1 aliphatic carbocycles. The summed E-state index contributed by atoms with van der Waals surface area (Å²) in [5.41, 5.74) is 0. The Morgan fingerprint density at radius 2 is 1.94 bits per heavy atom. The first kappa shape index (κ1) is 13.3. The van der Waals surface area contributed by atoms with Gasteiger partial charge in [-0.2, -0.15) is 0 Å². The molecule has 0 bridgehead atoms. The molecule has 2 aliphatic rings. The first-order chi connectivity index (χ1) is 8.58. The molecule has 5 nitrogen and oxygen atoms in total. The summed E-state index contributed by atoms with van der Waals surface area (Å²) < 4.78 is 0. The Morgan fingerprint density at radius 1 is 1.33 bits per heavy atom. The highest BCUT2D eigenvalue weighted by atomic mass is 16.4. The van der Waals surface area contributed by atoms with Gasteiger partial charge in [0.05, 0.1) is 12.5 Å². The summed E-state index contributed by atoms with van der Waals surface area (Å²) in [7, 11) is 0. The lowest BCUT2D eigenvalue weighted by molar-refractivity contribution is -0.145. The van der Waals surface area contributed by atoms with Gasteiger partial charge in [-0.05, 0) is 37.6 Å². The van der Waals surface area contributed by atoms with Crippen LogP contribution in [0, 0.1) is 17.8 Å². The Bertz CT molecular complexity index is 324. The minimum absolute atomic E-state index is 0.104. The van der Waals surface area contributed by atoms with Gasteiger partial charge < -0.3 is 15.3 Å². The number of nitrogens with zero attached hydrogens (tertiary/aromatic N) is 1. The van der Waals surface area contributed by atoms with E-state index in [0.717, 1.165) is 18.4 Å². The number of amides is 1. The van der Waals surface area contributed by atoms with Crippen molar-refractivity contribution in [2.75, 3.05) is 26.2 Å². The summed E-state index contributed by atoms with van der Waals surface area (Å²) >= 11 is 0. The average Bonchev–Trinajstić information content (AvgIpc) is 3.05. The molecule has 18 heavy (non-hydrogen) atoms. The second kappa shape index (κ2) is 5.69. The van der Waals surface area contributed by atoms with E-state index < -0.39 is 5.97 Å². The molecule has 1 saturated carbocycles. The lowest BCUT2D eigenvalue weighted by Crippen LogP contribution is -2.44. The first-order valence-electron chi connectivity index (χ1n) is 6.79. The Kier molecular flexibility index (Phi) is 4.22. The van der Waals surface area contributed by atoms with E-state index in [-0.39, 0.29) is 11.8 Å². The zero-order chi connectivity index (χ0) is 13.1. The van der Waals surface area contributed by atoms with E-state index in [9.17, 15) is 9.59 Å². The van der Waals surface area contributed by atoms with E-state index in [1.807, 2.05) is 0 Å². The van der Waals surface area contributed by atoms with Gasteiger partial charge in [-0.25, -0.2) is 0 Å². The number of carboxylic acid groups (broad SMARTS) is 1. The van der Waals surface area contributed by atoms with Crippen LogP contribution in [0.15, 0.2) is 0 Å². The smallest absolute Gasteiger partial charge is 0.306 e. The van der Waals surface area contributed by atoms with Gasteiger partial charge >= 0.3 is 5.97 Å². The maximum absolute atomic E-state index is 11.9. The molecule has 0 spiro atoms. The standard InChI is InChI=1S/C13H22N2O3/c1-9-6-11(9)7-14-8-12(16)15-4-2-10(3-5-15)13(17)18/h9-11,14H,2-8H2,1H3,(H,17,18). The lowest BCUT2D eigenvalue weighted by atomic mass is 9.97. The van der Waals surface area contributed by atoms with Crippen LogP contribution in [0.5, 0.6) is 0 Å². The van der Waals surface area contributed by atoms with E-state index in [1.54, 1.807) is 4.90 Å². The number of aliphatic carboxylic acids is 1. The quantitative estimate of drug-likeness (QED) is 0.752. The molecule has 0 radical (unpaired) electrons. The molecule has 102 valence electrons. The Balaban J connectivity index is 1.62. The second-order valence-electron chi connectivity index (χ2n) is 5.60. The molecule has 1 heterocycles. The molecule has 0 aromatic rings. The third-order valence-electron chi connectivity index (χ3n) is 4.16. The summed E-state index contributed by atoms with van der Waals surface area (Å²) in [5, 5.41) is 12.1. The number of nitrogens with one attached hydrogen (secondary N) is 1. The fourth-order valence-corrected chi connectivity index (χ4v) is 2.54.